The molecular formula is C21H22N4OS. The highest BCUT2D eigenvalue weighted by atomic mass is 32.1. The van der Waals surface area contributed by atoms with E-state index < -0.39 is 0 Å². The second-order valence-corrected chi connectivity index (χ2v) is 7.06. The Morgan fingerprint density at radius 1 is 1.26 bits per heavy atom. The fourth-order valence-corrected chi connectivity index (χ4v) is 3.50. The standard InChI is InChI=1S/C21H22N4OS/c1-3-6-16-17(4-2)24-21(18-7-5-12-27-18)25-20(16)23-15-10-8-14(9-11-15)13-19(22)26/h3,5,7-12H,1,4,6,13H2,2H3,(H2,22,26)(H,23,24,25). The van der Waals surface area contributed by atoms with Gasteiger partial charge in [0.05, 0.1) is 11.3 Å². The summed E-state index contributed by atoms with van der Waals surface area (Å²) in [5.74, 6) is 1.17. The minimum absolute atomic E-state index is 0.234. The quantitative estimate of drug-likeness (QED) is 0.574. The number of carbonyl (C=O) groups is 1. The number of hydrogen-bond donors (Lipinski definition) is 2. The Morgan fingerprint density at radius 3 is 2.63 bits per heavy atom. The van der Waals surface area contributed by atoms with Gasteiger partial charge in [-0.05, 0) is 42.0 Å². The molecule has 2 heterocycles. The number of anilines is 2. The molecule has 138 valence electrons. The number of aromatic nitrogens is 2. The number of hydrogen-bond acceptors (Lipinski definition) is 5. The minimum atomic E-state index is -0.340. The molecule has 3 N–H and O–H groups in total. The zero-order valence-corrected chi connectivity index (χ0v) is 16.1. The maximum Gasteiger partial charge on any atom is 0.221 e. The smallest absolute Gasteiger partial charge is 0.221 e. The molecule has 1 amide bonds. The van der Waals surface area contributed by atoms with E-state index in [1.807, 2.05) is 47.9 Å². The van der Waals surface area contributed by atoms with Gasteiger partial charge in [0.2, 0.25) is 5.91 Å². The summed E-state index contributed by atoms with van der Waals surface area (Å²) in [5.41, 5.74) is 9.10. The zero-order chi connectivity index (χ0) is 19.2. The predicted molar refractivity (Wildman–Crippen MR) is 111 cm³/mol. The van der Waals surface area contributed by atoms with Gasteiger partial charge in [-0.2, -0.15) is 0 Å². The third-order valence-electron chi connectivity index (χ3n) is 4.11. The summed E-state index contributed by atoms with van der Waals surface area (Å²) < 4.78 is 0. The molecule has 0 saturated carbocycles. The number of thiophene rings is 1. The Balaban J connectivity index is 1.97. The topological polar surface area (TPSA) is 80.9 Å². The normalized spacial score (nSPS) is 10.6. The maximum atomic E-state index is 11.1. The van der Waals surface area contributed by atoms with Crippen LogP contribution in [0.3, 0.4) is 0 Å². The molecule has 6 heteroatoms. The van der Waals surface area contributed by atoms with E-state index in [2.05, 4.69) is 18.8 Å². The highest BCUT2D eigenvalue weighted by Gasteiger charge is 2.14. The molecule has 1 aromatic carbocycles. The van der Waals surface area contributed by atoms with Crippen molar-refractivity contribution in [3.8, 4) is 10.7 Å². The molecule has 0 atom stereocenters. The van der Waals surface area contributed by atoms with Gasteiger partial charge in [-0.15, -0.1) is 17.9 Å². The first-order chi connectivity index (χ1) is 13.1. The second-order valence-electron chi connectivity index (χ2n) is 6.11. The van der Waals surface area contributed by atoms with Gasteiger partial charge >= 0.3 is 0 Å². The van der Waals surface area contributed by atoms with Crippen LogP contribution >= 0.6 is 11.3 Å². The molecule has 3 rings (SSSR count). The lowest BCUT2D eigenvalue weighted by molar-refractivity contribution is -0.117. The van der Waals surface area contributed by atoms with E-state index in [4.69, 9.17) is 15.7 Å². The van der Waals surface area contributed by atoms with Crippen molar-refractivity contribution in [1.82, 2.24) is 9.97 Å². The highest BCUT2D eigenvalue weighted by molar-refractivity contribution is 7.13. The van der Waals surface area contributed by atoms with Crippen molar-refractivity contribution in [3.63, 3.8) is 0 Å². The number of rotatable bonds is 8. The number of nitrogens with two attached hydrogens (primary N) is 1. The van der Waals surface area contributed by atoms with Crippen molar-refractivity contribution in [1.29, 1.82) is 0 Å². The van der Waals surface area contributed by atoms with Gasteiger partial charge in [0.1, 0.15) is 5.82 Å². The largest absolute Gasteiger partial charge is 0.369 e. The number of allylic oxidation sites excluding steroid dienone is 1. The summed E-state index contributed by atoms with van der Waals surface area (Å²) in [6.45, 7) is 5.96. The molecule has 5 nitrogen and oxygen atoms in total. The lowest BCUT2D eigenvalue weighted by Gasteiger charge is -2.15. The predicted octanol–water partition coefficient (Wildman–Crippen LogP) is 4.27. The van der Waals surface area contributed by atoms with E-state index >= 15 is 0 Å². The molecule has 0 unspecified atom stereocenters. The molecule has 0 radical (unpaired) electrons. The SMILES string of the molecule is C=CCc1c(CC)nc(-c2cccs2)nc1Nc1ccc(CC(N)=O)cc1. The second kappa shape index (κ2) is 8.60. The van der Waals surface area contributed by atoms with Gasteiger partial charge in [-0.3, -0.25) is 4.79 Å². The Labute approximate surface area is 163 Å². The first-order valence-corrected chi connectivity index (χ1v) is 9.67. The fraction of sp³-hybridized carbons (Fsp3) is 0.190. The van der Waals surface area contributed by atoms with Gasteiger partial charge in [-0.1, -0.05) is 31.2 Å². The van der Waals surface area contributed by atoms with Crippen molar-refractivity contribution < 1.29 is 4.79 Å². The lowest BCUT2D eigenvalue weighted by atomic mass is 10.1. The number of amides is 1. The summed E-state index contributed by atoms with van der Waals surface area (Å²) in [6.07, 6.45) is 3.61. The van der Waals surface area contributed by atoms with Gasteiger partial charge in [0, 0.05) is 16.9 Å². The molecule has 0 aliphatic rings. The summed E-state index contributed by atoms with van der Waals surface area (Å²) >= 11 is 1.62. The maximum absolute atomic E-state index is 11.1. The van der Waals surface area contributed by atoms with Crippen LogP contribution in [0.1, 0.15) is 23.7 Å². The monoisotopic (exact) mass is 378 g/mol. The van der Waals surface area contributed by atoms with E-state index in [1.165, 1.54) is 0 Å². The average Bonchev–Trinajstić information content (AvgIpc) is 3.19. The minimum Gasteiger partial charge on any atom is -0.369 e. The summed E-state index contributed by atoms with van der Waals surface area (Å²) in [4.78, 5) is 21.6. The van der Waals surface area contributed by atoms with Crippen molar-refractivity contribution in [2.75, 3.05) is 5.32 Å². The van der Waals surface area contributed by atoms with E-state index in [-0.39, 0.29) is 12.3 Å². The van der Waals surface area contributed by atoms with E-state index in [9.17, 15) is 4.79 Å². The first-order valence-electron chi connectivity index (χ1n) is 8.79. The van der Waals surface area contributed by atoms with Crippen LogP contribution in [-0.2, 0) is 24.1 Å². The average molecular weight is 379 g/mol. The van der Waals surface area contributed by atoms with Gasteiger partial charge in [0.15, 0.2) is 5.82 Å². The highest BCUT2D eigenvalue weighted by Crippen LogP contribution is 2.28. The van der Waals surface area contributed by atoms with Crippen LogP contribution in [0.5, 0.6) is 0 Å². The summed E-state index contributed by atoms with van der Waals surface area (Å²) in [5, 5.41) is 5.42. The van der Waals surface area contributed by atoms with E-state index in [1.54, 1.807) is 11.3 Å². The third-order valence-corrected chi connectivity index (χ3v) is 4.98. The van der Waals surface area contributed by atoms with Crippen LogP contribution in [0, 0.1) is 0 Å². The van der Waals surface area contributed by atoms with E-state index in [0.29, 0.717) is 6.42 Å². The fourth-order valence-electron chi connectivity index (χ4n) is 2.84. The number of benzene rings is 1. The number of carbonyl (C=O) groups excluding carboxylic acids is 1. The van der Waals surface area contributed by atoms with Crippen molar-refractivity contribution >= 4 is 28.7 Å². The zero-order valence-electron chi connectivity index (χ0n) is 15.2. The van der Waals surface area contributed by atoms with Crippen molar-refractivity contribution in [2.45, 2.75) is 26.2 Å². The third kappa shape index (κ3) is 4.60. The van der Waals surface area contributed by atoms with Crippen molar-refractivity contribution in [2.24, 2.45) is 5.73 Å². The van der Waals surface area contributed by atoms with Gasteiger partial charge in [-0.25, -0.2) is 9.97 Å². The van der Waals surface area contributed by atoms with Crippen LogP contribution in [0.25, 0.3) is 10.7 Å². The summed E-state index contributed by atoms with van der Waals surface area (Å²) in [6, 6.07) is 11.7. The molecular weight excluding hydrogens is 356 g/mol. The van der Waals surface area contributed by atoms with Crippen molar-refractivity contribution in [3.05, 3.63) is 71.3 Å². The summed E-state index contributed by atoms with van der Waals surface area (Å²) in [7, 11) is 0. The molecule has 27 heavy (non-hydrogen) atoms. The Bertz CT molecular complexity index is 934. The molecule has 0 fully saturated rings. The molecule has 0 bridgehead atoms. The number of aryl methyl sites for hydroxylation is 1. The van der Waals surface area contributed by atoms with Crippen LogP contribution in [0.15, 0.2) is 54.4 Å². The molecule has 0 saturated heterocycles. The number of primary amides is 1. The van der Waals surface area contributed by atoms with Crippen LogP contribution in [-0.4, -0.2) is 15.9 Å². The van der Waals surface area contributed by atoms with Crippen LogP contribution in [0.4, 0.5) is 11.5 Å². The van der Waals surface area contributed by atoms with Gasteiger partial charge < -0.3 is 11.1 Å². The van der Waals surface area contributed by atoms with Gasteiger partial charge in [0.25, 0.3) is 0 Å². The molecule has 2 aromatic heterocycles. The molecule has 0 aliphatic heterocycles. The number of nitrogens with zero attached hydrogens (tertiary/aromatic N) is 2. The Morgan fingerprint density at radius 2 is 2.04 bits per heavy atom. The molecule has 0 spiro atoms. The molecule has 0 aliphatic carbocycles. The Hall–Kier alpha value is -2.99. The van der Waals surface area contributed by atoms with Crippen LogP contribution < -0.4 is 11.1 Å². The molecule has 3 aromatic rings. The van der Waals surface area contributed by atoms with E-state index in [0.717, 1.165) is 45.4 Å². The first kappa shape index (κ1) is 18.8. The number of nitrogens with one attached hydrogen (secondary N) is 1. The lowest BCUT2D eigenvalue weighted by Crippen LogP contribution is -2.13. The van der Waals surface area contributed by atoms with Crippen LogP contribution in [0.2, 0.25) is 0 Å². The Kier molecular flexibility index (Phi) is 5.98.